The molecule has 5 N–H and O–H groups in total. The van der Waals surface area contributed by atoms with Crippen molar-refractivity contribution in [3.63, 3.8) is 0 Å². The summed E-state index contributed by atoms with van der Waals surface area (Å²) in [5.41, 5.74) is 10.5. The van der Waals surface area contributed by atoms with Gasteiger partial charge in [0.25, 0.3) is 5.92 Å². The van der Waals surface area contributed by atoms with Crippen molar-refractivity contribution in [1.29, 1.82) is 0 Å². The van der Waals surface area contributed by atoms with Crippen molar-refractivity contribution in [3.05, 3.63) is 118 Å². The smallest absolute Gasteiger partial charge is 0.267 e. The van der Waals surface area contributed by atoms with E-state index in [1.54, 1.807) is 13.0 Å². The number of anilines is 2. The van der Waals surface area contributed by atoms with Gasteiger partial charge in [-0.3, -0.25) is 24.4 Å². The van der Waals surface area contributed by atoms with Crippen LogP contribution in [0.2, 0.25) is 0 Å². The molecule has 1 aromatic heterocycles. The zero-order valence-corrected chi connectivity index (χ0v) is 52.6. The molecule has 3 heterocycles. The zero-order chi connectivity index (χ0) is 58.4. The van der Waals surface area contributed by atoms with Crippen LogP contribution in [0.1, 0.15) is 170 Å². The lowest BCUT2D eigenvalue weighted by atomic mass is 9.85. The molecule has 0 radical (unpaired) electrons. The molecule has 6 rings (SSSR count). The van der Waals surface area contributed by atoms with Gasteiger partial charge in [-0.2, -0.15) is 0 Å². The number of halogens is 4. The lowest BCUT2D eigenvalue weighted by Gasteiger charge is -2.40. The van der Waals surface area contributed by atoms with Crippen molar-refractivity contribution in [2.24, 2.45) is 5.92 Å². The van der Waals surface area contributed by atoms with E-state index in [9.17, 15) is 19.1 Å². The van der Waals surface area contributed by atoms with Gasteiger partial charge in [0, 0.05) is 67.2 Å². The number of pyridine rings is 1. The average molecular weight is 1220 g/mol. The van der Waals surface area contributed by atoms with Gasteiger partial charge >= 0.3 is 0 Å². The van der Waals surface area contributed by atoms with Crippen LogP contribution in [0.4, 0.5) is 24.5 Å². The predicted molar refractivity (Wildman–Crippen MR) is 335 cm³/mol. The molecule has 15 heteroatoms. The highest BCUT2D eigenvalue weighted by Crippen LogP contribution is 2.42. The fourth-order valence-electron chi connectivity index (χ4n) is 10.2. The number of aryl methyl sites for hydroxylation is 2. The van der Waals surface area contributed by atoms with E-state index in [1.807, 2.05) is 57.8 Å². The second kappa shape index (κ2) is 37.9. The van der Waals surface area contributed by atoms with Gasteiger partial charge in [0.05, 0.1) is 19.1 Å². The summed E-state index contributed by atoms with van der Waals surface area (Å²) in [6, 6.07) is 20.3. The van der Waals surface area contributed by atoms with E-state index < -0.39 is 23.7 Å². The number of carbonyl (C=O) groups excluding carboxylic acids is 2. The monoisotopic (exact) mass is 1220 g/mol. The summed E-state index contributed by atoms with van der Waals surface area (Å²) in [7, 11) is 1.50. The van der Waals surface area contributed by atoms with Crippen LogP contribution in [0.5, 0.6) is 0 Å². The number of rotatable bonds is 22. The summed E-state index contributed by atoms with van der Waals surface area (Å²) >= 11 is 2.32. The number of likely N-dealkylation sites (tertiary alicyclic amines) is 2. The van der Waals surface area contributed by atoms with Crippen LogP contribution in [-0.4, -0.2) is 121 Å². The number of likely N-dealkylation sites (N-methyl/N-ethyl adjacent to an activating group) is 1. The van der Waals surface area contributed by atoms with Gasteiger partial charge in [0.2, 0.25) is 5.91 Å². The fraction of sp³-hybridized carbons (Fsp3) is 0.571. The normalized spacial score (nSPS) is 16.5. The van der Waals surface area contributed by atoms with E-state index in [1.165, 1.54) is 35.9 Å². The Balaban J connectivity index is 0.000000483. The lowest BCUT2D eigenvalue weighted by molar-refractivity contribution is -0.121. The minimum absolute atomic E-state index is 0.00576. The van der Waals surface area contributed by atoms with Crippen LogP contribution >= 0.6 is 28.3 Å². The number of hydrogen-bond donors (Lipinski definition) is 5. The van der Waals surface area contributed by atoms with Gasteiger partial charge in [-0.05, 0) is 170 Å². The first kappa shape index (κ1) is 70.2. The number of ketones is 1. The SMILES string of the molecule is CC.CC.CC(=O)c1ccc(C2CCN(C/C(C)=C/c3c(-c4ccc(C)c(NC(C)CO)c4)ccnc3C)CC2)cc1.CCCC(CCC)CN1CCC(c2ccc(NC(CCCO)C(=O)NC)cc2F)C(F)(F)C1.CPI. The standard InChI is InChI=1S/C33H41N3O2.C25H40F3N3O2.2C2H6.CH4IP/c1-22(20-36-16-13-29(14-17-36)28-10-8-27(9-11-28)26(5)38)18-32-25(4)34-15-12-31(32)30-7-6-23(2)33(19-30)35-24(3)21-37;1-4-7-18(8-5-2)16-31-13-12-21(25(27,28)17-31)20-11-10-19(15-22(20)26)30-23(9-6-14-32)24(33)29-3;2*1-2;1-3-2/h6-12,15,18-19,24,29,35,37H,13-14,16-17,20-21H2,1-5H3;10-11,15,18,21,23,30,32H,4-9,12-14,16-17H2,1-3H3,(H,29,33);2*1-2H3;3H,1H3/b22-18+;;;;. The molecule has 78 heavy (non-hydrogen) atoms. The Kier molecular flexibility index (Phi) is 34.1. The summed E-state index contributed by atoms with van der Waals surface area (Å²) in [5.74, 6) is -4.04. The van der Waals surface area contributed by atoms with Crippen LogP contribution in [0.25, 0.3) is 17.2 Å². The number of amides is 1. The number of nitrogens with one attached hydrogen (secondary N) is 3. The predicted octanol–water partition coefficient (Wildman–Crippen LogP) is 15.1. The molecular formula is C63H97F3IN6O4P. The average Bonchev–Trinajstić information content (AvgIpc) is 3.46. The van der Waals surface area contributed by atoms with Gasteiger partial charge in [-0.15, -0.1) is 0 Å². The summed E-state index contributed by atoms with van der Waals surface area (Å²) in [4.78, 5) is 32.6. The van der Waals surface area contributed by atoms with Crippen molar-refractivity contribution < 1.29 is 33.0 Å². The Hall–Kier alpha value is -3.92. The molecule has 10 nitrogen and oxygen atoms in total. The van der Waals surface area contributed by atoms with Crippen molar-refractivity contribution in [2.45, 2.75) is 164 Å². The van der Waals surface area contributed by atoms with E-state index in [0.717, 1.165) is 98.0 Å². The first-order valence-electron chi connectivity index (χ1n) is 28.6. The molecular weight excluding hydrogens is 1120 g/mol. The first-order valence-corrected chi connectivity index (χ1v) is 33.2. The number of aliphatic hydroxyl groups is 2. The van der Waals surface area contributed by atoms with Crippen molar-refractivity contribution >= 4 is 57.4 Å². The first-order chi connectivity index (χ1) is 37.4. The minimum atomic E-state index is -3.01. The Morgan fingerprint density at radius 1 is 0.885 bits per heavy atom. The molecule has 0 spiro atoms. The highest BCUT2D eigenvalue weighted by Gasteiger charge is 2.46. The molecule has 2 aliphatic rings. The molecule has 4 aromatic rings. The second-order valence-corrected chi connectivity index (χ2v) is 23.8. The Morgan fingerprint density at radius 2 is 1.51 bits per heavy atom. The maximum Gasteiger partial charge on any atom is 0.267 e. The van der Waals surface area contributed by atoms with Gasteiger partial charge in [0.1, 0.15) is 11.9 Å². The summed E-state index contributed by atoms with van der Waals surface area (Å²) in [5, 5.41) is 27.4. The van der Waals surface area contributed by atoms with Crippen LogP contribution < -0.4 is 16.0 Å². The molecule has 0 aliphatic carbocycles. The van der Waals surface area contributed by atoms with Crippen LogP contribution in [0.3, 0.4) is 0 Å². The lowest BCUT2D eigenvalue weighted by Crippen LogP contribution is -2.49. The largest absolute Gasteiger partial charge is 0.396 e. The summed E-state index contributed by atoms with van der Waals surface area (Å²) in [6.07, 6.45) is 12.7. The van der Waals surface area contributed by atoms with E-state index in [-0.39, 0.29) is 49.5 Å². The number of benzene rings is 3. The van der Waals surface area contributed by atoms with Crippen molar-refractivity contribution in [3.8, 4) is 11.1 Å². The number of carbonyl (C=O) groups is 2. The van der Waals surface area contributed by atoms with Gasteiger partial charge in [-0.1, -0.05) is 137 Å². The Morgan fingerprint density at radius 3 is 2.06 bits per heavy atom. The van der Waals surface area contributed by atoms with Crippen LogP contribution in [0, 0.1) is 25.6 Å². The van der Waals surface area contributed by atoms with Crippen molar-refractivity contribution in [1.82, 2.24) is 20.1 Å². The number of piperidine rings is 2. The second-order valence-electron chi connectivity index (χ2n) is 20.2. The molecule has 436 valence electrons. The number of nitrogens with zero attached hydrogens (tertiary/aromatic N) is 3. The van der Waals surface area contributed by atoms with E-state index in [2.05, 4.69) is 132 Å². The quantitative estimate of drug-likeness (QED) is 0.0297. The van der Waals surface area contributed by atoms with E-state index in [0.29, 0.717) is 43.5 Å². The molecule has 2 saturated heterocycles. The zero-order valence-electron chi connectivity index (χ0n) is 49.5. The molecule has 0 saturated carbocycles. The Labute approximate surface area is 483 Å². The topological polar surface area (TPSA) is 130 Å². The number of alkyl halides is 2. The summed E-state index contributed by atoms with van der Waals surface area (Å²) < 4.78 is 45.2. The maximum atomic E-state index is 15.1. The third kappa shape index (κ3) is 22.9. The number of Topliss-reactive ketones (excluding diaryl/α,β-unsaturated/α-hetero) is 1. The van der Waals surface area contributed by atoms with Crippen molar-refractivity contribution in [2.75, 3.05) is 76.8 Å². The van der Waals surface area contributed by atoms with Gasteiger partial charge in [-0.25, -0.2) is 13.2 Å². The van der Waals surface area contributed by atoms with E-state index >= 15 is 8.78 Å². The molecule has 2 aliphatic heterocycles. The van der Waals surface area contributed by atoms with Gasteiger partial charge < -0.3 is 26.2 Å². The van der Waals surface area contributed by atoms with Gasteiger partial charge in [0.15, 0.2) is 5.78 Å². The van der Waals surface area contributed by atoms with Crippen LogP contribution in [0.15, 0.2) is 78.5 Å². The minimum Gasteiger partial charge on any atom is -0.396 e. The molecule has 1 amide bonds. The molecule has 2 fully saturated rings. The number of aliphatic hydroxyl groups excluding tert-OH is 2. The molecule has 3 aromatic carbocycles. The number of aromatic nitrogens is 1. The fourth-order valence-corrected chi connectivity index (χ4v) is 10.2. The number of hydrogen-bond acceptors (Lipinski definition) is 9. The summed E-state index contributed by atoms with van der Waals surface area (Å²) in [6.45, 7) is 28.3. The highest BCUT2D eigenvalue weighted by atomic mass is 127. The third-order valence-electron chi connectivity index (χ3n) is 14.2. The molecule has 0 bridgehead atoms. The maximum absolute atomic E-state index is 15.1. The third-order valence-corrected chi connectivity index (χ3v) is 14.2. The van der Waals surface area contributed by atoms with Crippen LogP contribution in [-0.2, 0) is 4.79 Å². The Bertz CT molecular complexity index is 2380. The molecule has 4 atom stereocenters. The highest BCUT2D eigenvalue weighted by molar-refractivity contribution is 14.2. The van der Waals surface area contributed by atoms with E-state index in [4.69, 9.17) is 5.11 Å². The molecule has 4 unspecified atom stereocenters.